The van der Waals surface area contributed by atoms with Gasteiger partial charge in [0.25, 0.3) is 0 Å². The van der Waals surface area contributed by atoms with Crippen molar-refractivity contribution in [1.82, 2.24) is 9.55 Å². The van der Waals surface area contributed by atoms with Crippen molar-refractivity contribution in [2.45, 2.75) is 25.6 Å². The molecule has 0 N–H and O–H groups in total. The molecule has 0 atom stereocenters. The van der Waals surface area contributed by atoms with Crippen molar-refractivity contribution >= 4 is 11.3 Å². The van der Waals surface area contributed by atoms with E-state index in [0.29, 0.717) is 24.9 Å². The van der Waals surface area contributed by atoms with Crippen LogP contribution in [0.5, 0.6) is 0 Å². The summed E-state index contributed by atoms with van der Waals surface area (Å²) in [6.07, 6.45) is 0.381. The zero-order chi connectivity index (χ0) is 16.3. The Morgan fingerprint density at radius 1 is 1.13 bits per heavy atom. The lowest BCUT2D eigenvalue weighted by molar-refractivity contribution is -0.138. The lowest BCUT2D eigenvalue weighted by Gasteiger charge is -2.12. The van der Waals surface area contributed by atoms with Crippen LogP contribution in [0.2, 0.25) is 0 Å². The van der Waals surface area contributed by atoms with Crippen LogP contribution in [0.1, 0.15) is 17.5 Å². The number of hydrogen-bond donors (Lipinski definition) is 0. The number of imidazole rings is 1. The van der Waals surface area contributed by atoms with Gasteiger partial charge in [0.2, 0.25) is 0 Å². The molecule has 0 spiro atoms. The second-order valence-electron chi connectivity index (χ2n) is 5.27. The summed E-state index contributed by atoms with van der Waals surface area (Å²) in [6.45, 7) is 0.642. The molecule has 0 radical (unpaired) electrons. The number of hydrogen-bond acceptors (Lipinski definition) is 2. The molecule has 1 aromatic carbocycles. The van der Waals surface area contributed by atoms with Gasteiger partial charge in [-0.2, -0.15) is 24.5 Å². The summed E-state index contributed by atoms with van der Waals surface area (Å²) in [5, 5.41) is 4.01. The molecular formula is C17H15F3N2S. The average molecular weight is 336 g/mol. The van der Waals surface area contributed by atoms with E-state index in [0.717, 1.165) is 17.3 Å². The summed E-state index contributed by atoms with van der Waals surface area (Å²) in [4.78, 5) is 4.33. The molecule has 0 fully saturated rings. The first-order valence-corrected chi connectivity index (χ1v) is 8.18. The minimum atomic E-state index is -4.29. The smallest absolute Gasteiger partial charge is 0.337 e. The van der Waals surface area contributed by atoms with Gasteiger partial charge in [0.1, 0.15) is 0 Å². The van der Waals surface area contributed by atoms with Crippen LogP contribution in [0.4, 0.5) is 13.2 Å². The predicted molar refractivity (Wildman–Crippen MR) is 85.3 cm³/mol. The lowest BCUT2D eigenvalue weighted by atomic mass is 10.0. The summed E-state index contributed by atoms with van der Waals surface area (Å²) in [7, 11) is 0. The maximum absolute atomic E-state index is 12.9. The predicted octanol–water partition coefficient (Wildman–Crippen LogP) is 5.26. The normalized spacial score (nSPS) is 11.8. The van der Waals surface area contributed by atoms with E-state index in [2.05, 4.69) is 4.98 Å². The highest BCUT2D eigenvalue weighted by molar-refractivity contribution is 7.08. The minimum Gasteiger partial charge on any atom is -0.337 e. The summed E-state index contributed by atoms with van der Waals surface area (Å²) in [6, 6.07) is 7.76. The van der Waals surface area contributed by atoms with Crippen molar-refractivity contribution in [3.63, 3.8) is 0 Å². The zero-order valence-corrected chi connectivity index (χ0v) is 13.1. The average Bonchev–Trinajstić information content (AvgIpc) is 3.17. The van der Waals surface area contributed by atoms with Gasteiger partial charge in [0.15, 0.2) is 0 Å². The topological polar surface area (TPSA) is 17.8 Å². The highest BCUT2D eigenvalue weighted by Gasteiger charge is 2.32. The van der Waals surface area contributed by atoms with Crippen molar-refractivity contribution in [2.75, 3.05) is 0 Å². The molecule has 0 amide bonds. The quantitative estimate of drug-likeness (QED) is 0.621. The van der Waals surface area contributed by atoms with E-state index in [1.807, 2.05) is 27.6 Å². The number of benzene rings is 1. The summed E-state index contributed by atoms with van der Waals surface area (Å²) in [5.74, 6) is 0. The molecule has 2 nitrogen and oxygen atoms in total. The third-order valence-corrected chi connectivity index (χ3v) is 4.32. The molecule has 0 bridgehead atoms. The van der Waals surface area contributed by atoms with Gasteiger partial charge in [-0.05, 0) is 35.9 Å². The van der Waals surface area contributed by atoms with Gasteiger partial charge in [-0.25, -0.2) is 4.98 Å². The molecule has 3 rings (SSSR count). The van der Waals surface area contributed by atoms with Crippen LogP contribution in [-0.4, -0.2) is 9.55 Å². The maximum atomic E-state index is 12.9. The van der Waals surface area contributed by atoms with Crippen LogP contribution >= 0.6 is 11.3 Å². The van der Waals surface area contributed by atoms with Gasteiger partial charge in [-0.1, -0.05) is 18.2 Å². The SMILES string of the molecule is FC(F)(F)c1ccccc1CCCn1cnc(-c2ccsc2)c1. The summed E-state index contributed by atoms with van der Waals surface area (Å²) in [5.41, 5.74) is 1.76. The van der Waals surface area contributed by atoms with E-state index in [1.165, 1.54) is 6.07 Å². The van der Waals surface area contributed by atoms with Crippen LogP contribution in [0.3, 0.4) is 0 Å². The van der Waals surface area contributed by atoms with E-state index < -0.39 is 11.7 Å². The Balaban J connectivity index is 1.62. The van der Waals surface area contributed by atoms with Gasteiger partial charge in [-0.15, -0.1) is 0 Å². The first-order valence-electron chi connectivity index (χ1n) is 7.23. The van der Waals surface area contributed by atoms with E-state index in [4.69, 9.17) is 0 Å². The summed E-state index contributed by atoms with van der Waals surface area (Å²) >= 11 is 1.61. The van der Waals surface area contributed by atoms with E-state index >= 15 is 0 Å². The maximum Gasteiger partial charge on any atom is 0.416 e. The molecule has 2 aromatic heterocycles. The van der Waals surface area contributed by atoms with E-state index in [9.17, 15) is 13.2 Å². The number of aromatic nitrogens is 2. The number of halogens is 3. The number of alkyl halides is 3. The van der Waals surface area contributed by atoms with Gasteiger partial charge in [0, 0.05) is 23.7 Å². The molecule has 0 aliphatic carbocycles. The third kappa shape index (κ3) is 3.82. The van der Waals surface area contributed by atoms with E-state index in [-0.39, 0.29) is 0 Å². The fraction of sp³-hybridized carbons (Fsp3) is 0.235. The van der Waals surface area contributed by atoms with Gasteiger partial charge in [-0.3, -0.25) is 0 Å². The fourth-order valence-electron chi connectivity index (χ4n) is 2.51. The van der Waals surface area contributed by atoms with Gasteiger partial charge in [0.05, 0.1) is 17.6 Å². The number of thiophene rings is 1. The monoisotopic (exact) mass is 336 g/mol. The largest absolute Gasteiger partial charge is 0.416 e. The molecular weight excluding hydrogens is 321 g/mol. The van der Waals surface area contributed by atoms with Crippen LogP contribution in [0.15, 0.2) is 53.6 Å². The van der Waals surface area contributed by atoms with Gasteiger partial charge >= 0.3 is 6.18 Å². The minimum absolute atomic E-state index is 0.346. The Kier molecular flexibility index (Phi) is 4.52. The summed E-state index contributed by atoms with van der Waals surface area (Å²) < 4.78 is 40.8. The Hall–Kier alpha value is -2.08. The highest BCUT2D eigenvalue weighted by Crippen LogP contribution is 2.32. The third-order valence-electron chi connectivity index (χ3n) is 3.64. The molecule has 0 unspecified atom stereocenters. The zero-order valence-electron chi connectivity index (χ0n) is 12.3. The Bertz CT molecular complexity index is 760. The Morgan fingerprint density at radius 3 is 2.70 bits per heavy atom. The second-order valence-corrected chi connectivity index (χ2v) is 6.05. The van der Waals surface area contributed by atoms with Gasteiger partial charge < -0.3 is 4.57 Å². The van der Waals surface area contributed by atoms with E-state index in [1.54, 1.807) is 29.8 Å². The first-order chi connectivity index (χ1) is 11.0. The van der Waals surface area contributed by atoms with Crippen LogP contribution in [-0.2, 0) is 19.1 Å². The first kappa shape index (κ1) is 15.8. The molecule has 0 aliphatic rings. The Labute approximate surface area is 136 Å². The lowest BCUT2D eigenvalue weighted by Crippen LogP contribution is -2.09. The molecule has 6 heteroatoms. The molecule has 0 saturated heterocycles. The van der Waals surface area contributed by atoms with Crippen LogP contribution in [0.25, 0.3) is 11.3 Å². The number of rotatable bonds is 5. The molecule has 2 heterocycles. The van der Waals surface area contributed by atoms with Crippen molar-refractivity contribution in [3.05, 3.63) is 64.7 Å². The molecule has 3 aromatic rings. The highest BCUT2D eigenvalue weighted by atomic mass is 32.1. The molecule has 120 valence electrons. The fourth-order valence-corrected chi connectivity index (χ4v) is 3.16. The van der Waals surface area contributed by atoms with Crippen molar-refractivity contribution < 1.29 is 13.2 Å². The number of aryl methyl sites for hydroxylation is 2. The Morgan fingerprint density at radius 2 is 1.96 bits per heavy atom. The van der Waals surface area contributed by atoms with Crippen LogP contribution < -0.4 is 0 Å². The van der Waals surface area contributed by atoms with Crippen LogP contribution in [0, 0.1) is 0 Å². The van der Waals surface area contributed by atoms with Crippen molar-refractivity contribution in [2.24, 2.45) is 0 Å². The van der Waals surface area contributed by atoms with Crippen molar-refractivity contribution in [3.8, 4) is 11.3 Å². The number of nitrogens with zero attached hydrogens (tertiary/aromatic N) is 2. The van der Waals surface area contributed by atoms with Crippen molar-refractivity contribution in [1.29, 1.82) is 0 Å². The standard InChI is InChI=1S/C17H15F3N2S/c18-17(19,20)15-6-2-1-4-13(15)5-3-8-22-10-16(21-12-22)14-7-9-23-11-14/h1-2,4,6-7,9-12H,3,5,8H2. The molecule has 23 heavy (non-hydrogen) atoms. The second kappa shape index (κ2) is 6.58. The molecule has 0 aliphatic heterocycles. The molecule has 0 saturated carbocycles.